The molecule has 0 aromatic heterocycles. The zero-order chi connectivity index (χ0) is 22.1. The van der Waals surface area contributed by atoms with E-state index in [-0.39, 0.29) is 22.3 Å². The lowest BCUT2D eigenvalue weighted by molar-refractivity contribution is -0.189. The first-order chi connectivity index (χ1) is 12.4. The van der Waals surface area contributed by atoms with Crippen molar-refractivity contribution in [3.63, 3.8) is 0 Å². The second kappa shape index (κ2) is 8.85. The minimum absolute atomic E-state index is 0.0373. The smallest absolute Gasteiger partial charge is 0.305 e. The van der Waals surface area contributed by atoms with E-state index in [1.807, 2.05) is 0 Å². The molecule has 1 saturated heterocycles. The van der Waals surface area contributed by atoms with Gasteiger partial charge in [0.15, 0.2) is 16.6 Å². The summed E-state index contributed by atoms with van der Waals surface area (Å²) in [6.07, 6.45) is -1.96. The maximum absolute atomic E-state index is 11.6. The lowest BCUT2D eigenvalue weighted by Gasteiger charge is -2.41. The van der Waals surface area contributed by atoms with Crippen molar-refractivity contribution < 1.29 is 27.9 Å². The standard InChI is InChI=1S/C20H42O6Si2/c1-14(21)24-18-17(22-8)16(26-28(11,12)20(5,6)7)15(25-18)13-23-27(9,10)19(2,3)4/h15-18H,13H2,1-12H3/t15-,16-,17-,18?/m0/s1. The number of carbonyl (C=O) groups is 1. The summed E-state index contributed by atoms with van der Waals surface area (Å²) in [5, 5.41) is 0.132. The van der Waals surface area contributed by atoms with E-state index >= 15 is 0 Å². The topological polar surface area (TPSA) is 63.2 Å². The third kappa shape index (κ3) is 6.12. The molecule has 28 heavy (non-hydrogen) atoms. The molecule has 0 amide bonds. The van der Waals surface area contributed by atoms with Crippen LogP contribution in [0, 0.1) is 0 Å². The fraction of sp³-hybridized carbons (Fsp3) is 0.950. The number of ether oxygens (including phenoxy) is 3. The van der Waals surface area contributed by atoms with E-state index < -0.39 is 35.0 Å². The molecule has 1 fully saturated rings. The number of rotatable bonds is 7. The first kappa shape index (κ1) is 25.8. The van der Waals surface area contributed by atoms with Gasteiger partial charge < -0.3 is 23.1 Å². The number of esters is 1. The third-order valence-electron chi connectivity index (χ3n) is 6.47. The summed E-state index contributed by atoms with van der Waals surface area (Å²) in [5.41, 5.74) is 0. The van der Waals surface area contributed by atoms with Crippen molar-refractivity contribution in [1.82, 2.24) is 0 Å². The van der Waals surface area contributed by atoms with Gasteiger partial charge in [0, 0.05) is 14.0 Å². The summed E-state index contributed by atoms with van der Waals surface area (Å²) in [7, 11) is -2.45. The molecule has 1 aliphatic heterocycles. The maximum atomic E-state index is 11.6. The predicted octanol–water partition coefficient (Wildman–Crippen LogP) is 4.70. The van der Waals surface area contributed by atoms with Crippen molar-refractivity contribution in [2.45, 2.75) is 109 Å². The van der Waals surface area contributed by atoms with Crippen LogP contribution in [0.3, 0.4) is 0 Å². The van der Waals surface area contributed by atoms with Gasteiger partial charge in [-0.3, -0.25) is 4.79 Å². The lowest BCUT2D eigenvalue weighted by Crippen LogP contribution is -2.51. The van der Waals surface area contributed by atoms with Crippen LogP contribution in [0.15, 0.2) is 0 Å². The van der Waals surface area contributed by atoms with Crippen molar-refractivity contribution in [2.24, 2.45) is 0 Å². The number of hydrogen-bond acceptors (Lipinski definition) is 6. The van der Waals surface area contributed by atoms with Gasteiger partial charge in [0.2, 0.25) is 6.29 Å². The first-order valence-electron chi connectivity index (χ1n) is 10.1. The summed E-state index contributed by atoms with van der Waals surface area (Å²) < 4.78 is 30.2. The van der Waals surface area contributed by atoms with Gasteiger partial charge >= 0.3 is 5.97 Å². The van der Waals surface area contributed by atoms with Gasteiger partial charge in [-0.25, -0.2) is 0 Å². The molecule has 8 heteroatoms. The summed E-state index contributed by atoms with van der Waals surface area (Å²) in [5.74, 6) is -0.399. The van der Waals surface area contributed by atoms with Crippen LogP contribution in [-0.4, -0.2) is 60.9 Å². The van der Waals surface area contributed by atoms with E-state index in [0.717, 1.165) is 0 Å². The van der Waals surface area contributed by atoms with Crippen LogP contribution in [0.4, 0.5) is 0 Å². The Bertz CT molecular complexity index is 536. The quantitative estimate of drug-likeness (QED) is 0.427. The van der Waals surface area contributed by atoms with Crippen molar-refractivity contribution >= 4 is 22.6 Å². The minimum Gasteiger partial charge on any atom is -0.433 e. The molecule has 0 aromatic rings. The van der Waals surface area contributed by atoms with Crippen LogP contribution < -0.4 is 0 Å². The molecule has 1 heterocycles. The van der Waals surface area contributed by atoms with Crippen molar-refractivity contribution in [3.05, 3.63) is 0 Å². The van der Waals surface area contributed by atoms with E-state index in [2.05, 4.69) is 67.7 Å². The fourth-order valence-electron chi connectivity index (χ4n) is 2.50. The molecule has 4 atom stereocenters. The van der Waals surface area contributed by atoms with Gasteiger partial charge in [-0.05, 0) is 36.3 Å². The summed E-state index contributed by atoms with van der Waals surface area (Å²) in [6, 6.07) is 0. The Morgan fingerprint density at radius 2 is 1.43 bits per heavy atom. The molecule has 0 aliphatic carbocycles. The predicted molar refractivity (Wildman–Crippen MR) is 116 cm³/mol. The van der Waals surface area contributed by atoms with Crippen LogP contribution in [-0.2, 0) is 27.9 Å². The van der Waals surface area contributed by atoms with E-state index in [1.165, 1.54) is 6.92 Å². The van der Waals surface area contributed by atoms with Gasteiger partial charge in [0.05, 0.1) is 6.61 Å². The Balaban J connectivity index is 3.09. The first-order valence-corrected chi connectivity index (χ1v) is 15.9. The Morgan fingerprint density at radius 3 is 1.82 bits per heavy atom. The van der Waals surface area contributed by atoms with Crippen molar-refractivity contribution in [2.75, 3.05) is 13.7 Å². The monoisotopic (exact) mass is 434 g/mol. The van der Waals surface area contributed by atoms with Gasteiger partial charge in [-0.15, -0.1) is 0 Å². The van der Waals surface area contributed by atoms with E-state index in [4.69, 9.17) is 23.1 Å². The second-order valence-electron chi connectivity index (χ2n) is 10.8. The SMILES string of the molecule is CO[C@@H]1C(OC(C)=O)O[C@@H](CO[Si](C)(C)C(C)(C)C)[C@@H]1O[Si](C)(C)C(C)(C)C. The van der Waals surface area contributed by atoms with Gasteiger partial charge in [0.1, 0.15) is 18.3 Å². The Morgan fingerprint density at radius 1 is 0.929 bits per heavy atom. The fourth-order valence-corrected chi connectivity index (χ4v) is 4.83. The molecule has 0 N–H and O–H groups in total. The number of carbonyl (C=O) groups excluding carboxylic acids is 1. The van der Waals surface area contributed by atoms with Gasteiger partial charge in [-0.2, -0.15) is 0 Å². The summed E-state index contributed by atoms with van der Waals surface area (Å²) in [6.45, 7) is 23.8. The molecule has 1 unspecified atom stereocenters. The van der Waals surface area contributed by atoms with Crippen LogP contribution >= 0.6 is 0 Å². The molecule has 1 aliphatic rings. The highest BCUT2D eigenvalue weighted by atomic mass is 28.4. The highest BCUT2D eigenvalue weighted by Gasteiger charge is 2.52. The van der Waals surface area contributed by atoms with Gasteiger partial charge in [-0.1, -0.05) is 41.5 Å². The molecule has 0 saturated carbocycles. The zero-order valence-electron chi connectivity index (χ0n) is 20.0. The highest BCUT2D eigenvalue weighted by molar-refractivity contribution is 6.74. The minimum atomic E-state index is -2.10. The van der Waals surface area contributed by atoms with E-state index in [9.17, 15) is 4.79 Å². The molecular formula is C20H42O6Si2. The van der Waals surface area contributed by atoms with E-state index in [0.29, 0.717) is 6.61 Å². The average molecular weight is 435 g/mol. The van der Waals surface area contributed by atoms with Crippen molar-refractivity contribution in [3.8, 4) is 0 Å². The average Bonchev–Trinajstić information content (AvgIpc) is 2.78. The van der Waals surface area contributed by atoms with Gasteiger partial charge in [0.25, 0.3) is 0 Å². The third-order valence-corrected chi connectivity index (χ3v) is 15.4. The lowest BCUT2D eigenvalue weighted by atomic mass is 10.1. The van der Waals surface area contributed by atoms with Crippen LogP contribution in [0.1, 0.15) is 48.5 Å². The van der Waals surface area contributed by atoms with Crippen LogP contribution in [0.25, 0.3) is 0 Å². The molecule has 6 nitrogen and oxygen atoms in total. The zero-order valence-corrected chi connectivity index (χ0v) is 22.0. The molecule has 0 aromatic carbocycles. The van der Waals surface area contributed by atoms with E-state index in [1.54, 1.807) is 7.11 Å². The van der Waals surface area contributed by atoms with Crippen LogP contribution in [0.5, 0.6) is 0 Å². The number of hydrogen-bond donors (Lipinski definition) is 0. The largest absolute Gasteiger partial charge is 0.433 e. The highest BCUT2D eigenvalue weighted by Crippen LogP contribution is 2.41. The second-order valence-corrected chi connectivity index (χ2v) is 20.3. The molecule has 1 rings (SSSR count). The Hall–Kier alpha value is -0.256. The molecule has 166 valence electrons. The normalized spacial score (nSPS) is 27.1. The van der Waals surface area contributed by atoms with Crippen molar-refractivity contribution in [1.29, 1.82) is 0 Å². The molecular weight excluding hydrogens is 392 g/mol. The van der Waals surface area contributed by atoms with Crippen LogP contribution in [0.2, 0.25) is 36.3 Å². The Kier molecular flexibility index (Phi) is 8.15. The maximum Gasteiger partial charge on any atom is 0.305 e. The summed E-state index contributed by atoms with van der Waals surface area (Å²) in [4.78, 5) is 11.6. The molecule has 0 bridgehead atoms. The Labute approximate surface area is 173 Å². The molecule has 0 spiro atoms. The summed E-state index contributed by atoms with van der Waals surface area (Å²) >= 11 is 0. The number of methoxy groups -OCH3 is 1. The molecule has 0 radical (unpaired) electrons.